The van der Waals surface area contributed by atoms with Gasteiger partial charge in [0.15, 0.2) is 0 Å². The number of ether oxygens (including phenoxy) is 1. The van der Waals surface area contributed by atoms with E-state index < -0.39 is 0 Å². The minimum atomic E-state index is 0.521. The second-order valence-electron chi connectivity index (χ2n) is 5.24. The van der Waals surface area contributed by atoms with Crippen molar-refractivity contribution in [3.8, 4) is 0 Å². The predicted molar refractivity (Wildman–Crippen MR) is 72.6 cm³/mol. The fourth-order valence-electron chi connectivity index (χ4n) is 3.11. The maximum atomic E-state index is 5.44. The number of nitrogens with zero attached hydrogens (tertiary/aromatic N) is 1. The van der Waals surface area contributed by atoms with Gasteiger partial charge in [-0.25, -0.2) is 0 Å². The van der Waals surface area contributed by atoms with Crippen molar-refractivity contribution in [2.24, 2.45) is 0 Å². The lowest BCUT2D eigenvalue weighted by atomic mass is 9.92. The highest BCUT2D eigenvalue weighted by molar-refractivity contribution is 5.19. The maximum Gasteiger partial charge on any atom is 0.0594 e. The number of hydrogen-bond acceptors (Lipinski definition) is 3. The third-order valence-electron chi connectivity index (χ3n) is 4.14. The average Bonchev–Trinajstić information content (AvgIpc) is 2.49. The smallest absolute Gasteiger partial charge is 0.0594 e. The highest BCUT2D eigenvalue weighted by Gasteiger charge is 2.27. The molecule has 0 saturated carbocycles. The Morgan fingerprint density at radius 3 is 2.67 bits per heavy atom. The molecular formula is C15H22N2O. The molecule has 1 aromatic carbocycles. The molecule has 2 aliphatic heterocycles. The molecule has 0 aromatic heterocycles. The van der Waals surface area contributed by atoms with Crippen molar-refractivity contribution in [1.82, 2.24) is 10.2 Å². The van der Waals surface area contributed by atoms with Crippen LogP contribution >= 0.6 is 0 Å². The molecule has 0 radical (unpaired) electrons. The van der Waals surface area contributed by atoms with Crippen LogP contribution in [0.5, 0.6) is 0 Å². The first-order chi connectivity index (χ1) is 8.93. The Kier molecular flexibility index (Phi) is 3.93. The number of hydrogen-bond donors (Lipinski definition) is 1. The van der Waals surface area contributed by atoms with E-state index in [1.165, 1.54) is 18.4 Å². The van der Waals surface area contributed by atoms with E-state index in [2.05, 4.69) is 40.5 Å². The molecule has 98 valence electrons. The summed E-state index contributed by atoms with van der Waals surface area (Å²) < 4.78 is 5.44. The molecule has 18 heavy (non-hydrogen) atoms. The number of rotatable bonds is 2. The van der Waals surface area contributed by atoms with Crippen LogP contribution in [0, 0.1) is 0 Å². The Hall–Kier alpha value is -0.900. The summed E-state index contributed by atoms with van der Waals surface area (Å²) in [5.74, 6) is 0. The molecule has 0 unspecified atom stereocenters. The first kappa shape index (κ1) is 12.2. The van der Waals surface area contributed by atoms with Crippen LogP contribution in [0.15, 0.2) is 30.3 Å². The van der Waals surface area contributed by atoms with Crippen LogP contribution in [0.4, 0.5) is 0 Å². The molecular weight excluding hydrogens is 224 g/mol. The van der Waals surface area contributed by atoms with Gasteiger partial charge in [-0.1, -0.05) is 30.3 Å². The lowest BCUT2D eigenvalue weighted by Gasteiger charge is -2.40. The monoisotopic (exact) mass is 246 g/mol. The summed E-state index contributed by atoms with van der Waals surface area (Å²) >= 11 is 0. The second kappa shape index (κ2) is 5.83. The Morgan fingerprint density at radius 2 is 1.89 bits per heavy atom. The number of nitrogens with one attached hydrogen (secondary N) is 1. The Labute approximate surface area is 109 Å². The topological polar surface area (TPSA) is 24.5 Å². The lowest BCUT2D eigenvalue weighted by Crippen LogP contribution is -2.48. The fourth-order valence-corrected chi connectivity index (χ4v) is 3.11. The molecule has 1 aromatic rings. The molecule has 0 aliphatic carbocycles. The third-order valence-corrected chi connectivity index (χ3v) is 4.14. The Morgan fingerprint density at radius 1 is 1.11 bits per heavy atom. The Bertz CT molecular complexity index is 362. The van der Waals surface area contributed by atoms with Crippen LogP contribution in [0.25, 0.3) is 0 Å². The molecule has 2 aliphatic rings. The molecule has 0 amide bonds. The standard InChI is InChI=1S/C15H22N2O/c1-2-4-13(5-3-1)15-12-14(6-7-16-15)17-8-10-18-11-9-17/h1-5,14-16H,6-12H2/t14-,15+/m1/s1. The highest BCUT2D eigenvalue weighted by Crippen LogP contribution is 2.26. The summed E-state index contributed by atoms with van der Waals surface area (Å²) in [7, 11) is 0. The largest absolute Gasteiger partial charge is 0.379 e. The summed E-state index contributed by atoms with van der Waals surface area (Å²) in [6, 6.07) is 12.1. The third kappa shape index (κ3) is 2.74. The summed E-state index contributed by atoms with van der Waals surface area (Å²) in [5.41, 5.74) is 1.43. The quantitative estimate of drug-likeness (QED) is 0.861. The molecule has 3 rings (SSSR count). The number of piperidine rings is 1. The van der Waals surface area contributed by atoms with Gasteiger partial charge in [-0.05, 0) is 24.9 Å². The average molecular weight is 246 g/mol. The zero-order chi connectivity index (χ0) is 12.2. The van der Waals surface area contributed by atoms with Gasteiger partial charge in [0.2, 0.25) is 0 Å². The Balaban J connectivity index is 1.64. The van der Waals surface area contributed by atoms with Crippen molar-refractivity contribution >= 4 is 0 Å². The summed E-state index contributed by atoms with van der Waals surface area (Å²) in [6.07, 6.45) is 2.49. The van der Waals surface area contributed by atoms with Crippen LogP contribution < -0.4 is 5.32 Å². The second-order valence-corrected chi connectivity index (χ2v) is 5.24. The van der Waals surface area contributed by atoms with E-state index >= 15 is 0 Å². The van der Waals surface area contributed by atoms with E-state index in [0.29, 0.717) is 6.04 Å². The molecule has 0 spiro atoms. The zero-order valence-electron chi connectivity index (χ0n) is 10.8. The lowest BCUT2D eigenvalue weighted by molar-refractivity contribution is 0.00625. The van der Waals surface area contributed by atoms with Gasteiger partial charge in [0.1, 0.15) is 0 Å². The van der Waals surface area contributed by atoms with Gasteiger partial charge in [0.05, 0.1) is 13.2 Å². The fraction of sp³-hybridized carbons (Fsp3) is 0.600. The van der Waals surface area contributed by atoms with E-state index in [-0.39, 0.29) is 0 Å². The van der Waals surface area contributed by atoms with E-state index in [9.17, 15) is 0 Å². The van der Waals surface area contributed by atoms with Gasteiger partial charge in [0, 0.05) is 25.2 Å². The van der Waals surface area contributed by atoms with Gasteiger partial charge in [-0.3, -0.25) is 4.90 Å². The van der Waals surface area contributed by atoms with Crippen LogP contribution in [0.1, 0.15) is 24.4 Å². The molecule has 2 fully saturated rings. The zero-order valence-corrected chi connectivity index (χ0v) is 10.8. The van der Waals surface area contributed by atoms with E-state index in [0.717, 1.165) is 38.9 Å². The van der Waals surface area contributed by atoms with E-state index in [1.807, 2.05) is 0 Å². The highest BCUT2D eigenvalue weighted by atomic mass is 16.5. The predicted octanol–water partition coefficient (Wildman–Crippen LogP) is 1.81. The minimum absolute atomic E-state index is 0.521. The van der Waals surface area contributed by atoms with Crippen LogP contribution in [-0.2, 0) is 4.74 Å². The van der Waals surface area contributed by atoms with E-state index in [4.69, 9.17) is 4.74 Å². The van der Waals surface area contributed by atoms with Crippen molar-refractivity contribution in [2.45, 2.75) is 24.9 Å². The number of morpholine rings is 1. The van der Waals surface area contributed by atoms with Gasteiger partial charge in [-0.15, -0.1) is 0 Å². The summed E-state index contributed by atoms with van der Waals surface area (Å²) in [4.78, 5) is 2.61. The molecule has 2 heterocycles. The first-order valence-electron chi connectivity index (χ1n) is 7.03. The number of benzene rings is 1. The van der Waals surface area contributed by atoms with Gasteiger partial charge >= 0.3 is 0 Å². The van der Waals surface area contributed by atoms with Crippen LogP contribution in [0.2, 0.25) is 0 Å². The normalized spacial score (nSPS) is 30.2. The first-order valence-corrected chi connectivity index (χ1v) is 7.03. The molecule has 3 heteroatoms. The van der Waals surface area contributed by atoms with Crippen molar-refractivity contribution in [2.75, 3.05) is 32.8 Å². The minimum Gasteiger partial charge on any atom is -0.379 e. The van der Waals surface area contributed by atoms with Gasteiger partial charge in [0.25, 0.3) is 0 Å². The molecule has 1 N–H and O–H groups in total. The van der Waals surface area contributed by atoms with Crippen LogP contribution in [0.3, 0.4) is 0 Å². The molecule has 0 bridgehead atoms. The van der Waals surface area contributed by atoms with Crippen molar-refractivity contribution < 1.29 is 4.74 Å². The maximum absolute atomic E-state index is 5.44. The molecule has 2 atom stereocenters. The molecule has 2 saturated heterocycles. The van der Waals surface area contributed by atoms with Crippen LogP contribution in [-0.4, -0.2) is 43.8 Å². The summed E-state index contributed by atoms with van der Waals surface area (Å²) in [5, 5.41) is 3.65. The van der Waals surface area contributed by atoms with Gasteiger partial charge < -0.3 is 10.1 Å². The van der Waals surface area contributed by atoms with Crippen molar-refractivity contribution in [3.63, 3.8) is 0 Å². The molecule has 3 nitrogen and oxygen atoms in total. The SMILES string of the molecule is c1ccc([C@@H]2C[C@H](N3CCOCC3)CCN2)cc1. The van der Waals surface area contributed by atoms with Gasteiger partial charge in [-0.2, -0.15) is 0 Å². The van der Waals surface area contributed by atoms with Crippen molar-refractivity contribution in [3.05, 3.63) is 35.9 Å². The van der Waals surface area contributed by atoms with Crippen molar-refractivity contribution in [1.29, 1.82) is 0 Å². The van der Waals surface area contributed by atoms with E-state index in [1.54, 1.807) is 0 Å². The summed E-state index contributed by atoms with van der Waals surface area (Å²) in [6.45, 7) is 5.14.